The number of aliphatic imine (C=N–C) groups is 1. The zero-order valence-corrected chi connectivity index (χ0v) is 7.56. The minimum atomic E-state index is 0.913. The summed E-state index contributed by atoms with van der Waals surface area (Å²) < 4.78 is 0. The van der Waals surface area contributed by atoms with Gasteiger partial charge in [-0.05, 0) is 11.6 Å². The van der Waals surface area contributed by atoms with E-state index in [0.29, 0.717) is 0 Å². The lowest BCUT2D eigenvalue weighted by Gasteiger charge is -1.94. The van der Waals surface area contributed by atoms with Crippen molar-refractivity contribution < 1.29 is 0 Å². The van der Waals surface area contributed by atoms with Crippen LogP contribution >= 0.6 is 0 Å². The summed E-state index contributed by atoms with van der Waals surface area (Å²) >= 11 is 0. The molecule has 0 saturated heterocycles. The molecule has 0 fully saturated rings. The zero-order chi connectivity index (χ0) is 9.36. The third kappa shape index (κ3) is 4.75. The Labute approximate surface area is 79.1 Å². The van der Waals surface area contributed by atoms with Crippen molar-refractivity contribution in [1.82, 2.24) is 0 Å². The van der Waals surface area contributed by atoms with E-state index in [4.69, 9.17) is 0 Å². The van der Waals surface area contributed by atoms with Crippen molar-refractivity contribution in [2.24, 2.45) is 4.99 Å². The average molecular weight is 171 g/mol. The number of hydrogen-bond donors (Lipinski definition) is 0. The fraction of sp³-hybridized carbons (Fsp3) is 0.0833. The topological polar surface area (TPSA) is 12.4 Å². The zero-order valence-electron chi connectivity index (χ0n) is 7.56. The Morgan fingerprint density at radius 3 is 1.77 bits per heavy atom. The van der Waals surface area contributed by atoms with E-state index in [1.807, 2.05) is 48.7 Å². The van der Waals surface area contributed by atoms with Crippen LogP contribution in [0.3, 0.4) is 0 Å². The standard InChI is InChI=1S/C6H7N.C6H6/c1-6-2-4-7-5-3-6;1-2-4-6-5-3-1/h2,4-5H,1,3H2;1-6H. The molecule has 1 aliphatic rings. The normalized spacial score (nSPS) is 13.4. The molecular formula is C12H13N. The van der Waals surface area contributed by atoms with Crippen LogP contribution in [0.1, 0.15) is 6.42 Å². The van der Waals surface area contributed by atoms with Crippen LogP contribution in [0.5, 0.6) is 0 Å². The molecule has 13 heavy (non-hydrogen) atoms. The number of nitrogens with zero attached hydrogens (tertiary/aromatic N) is 1. The van der Waals surface area contributed by atoms with Crippen molar-refractivity contribution >= 4 is 6.21 Å². The lowest BCUT2D eigenvalue weighted by Crippen LogP contribution is -1.81. The second-order valence-corrected chi connectivity index (χ2v) is 2.66. The minimum Gasteiger partial charge on any atom is -0.269 e. The van der Waals surface area contributed by atoms with E-state index in [9.17, 15) is 0 Å². The number of allylic oxidation sites excluding steroid dienone is 2. The van der Waals surface area contributed by atoms with Crippen molar-refractivity contribution in [1.29, 1.82) is 0 Å². The second-order valence-electron chi connectivity index (χ2n) is 2.66. The highest BCUT2D eigenvalue weighted by molar-refractivity contribution is 5.64. The van der Waals surface area contributed by atoms with E-state index >= 15 is 0 Å². The van der Waals surface area contributed by atoms with Gasteiger partial charge in [0.15, 0.2) is 0 Å². The first kappa shape index (κ1) is 9.46. The van der Waals surface area contributed by atoms with Crippen LogP contribution in [0, 0.1) is 0 Å². The highest BCUT2D eigenvalue weighted by Gasteiger charge is 1.86. The molecule has 0 amide bonds. The molecule has 2 rings (SSSR count). The first-order valence-corrected chi connectivity index (χ1v) is 4.25. The predicted octanol–water partition coefficient (Wildman–Crippen LogP) is 3.22. The maximum atomic E-state index is 3.86. The molecule has 1 aliphatic heterocycles. The highest BCUT2D eigenvalue weighted by atomic mass is 14.7. The van der Waals surface area contributed by atoms with Gasteiger partial charge in [0.25, 0.3) is 0 Å². The first-order valence-electron chi connectivity index (χ1n) is 4.25. The lowest BCUT2D eigenvalue weighted by molar-refractivity contribution is 1.33. The molecule has 0 spiro atoms. The minimum absolute atomic E-state index is 0.913. The van der Waals surface area contributed by atoms with E-state index in [-0.39, 0.29) is 0 Å². The summed E-state index contributed by atoms with van der Waals surface area (Å²) in [6, 6.07) is 12.0. The van der Waals surface area contributed by atoms with Gasteiger partial charge < -0.3 is 0 Å². The summed E-state index contributed by atoms with van der Waals surface area (Å²) in [6.45, 7) is 3.74. The summed E-state index contributed by atoms with van der Waals surface area (Å²) in [5.74, 6) is 0. The molecule has 0 radical (unpaired) electrons. The molecule has 1 aromatic carbocycles. The number of benzene rings is 1. The van der Waals surface area contributed by atoms with Crippen LogP contribution in [0.2, 0.25) is 0 Å². The Balaban J connectivity index is 0.000000132. The molecule has 66 valence electrons. The Morgan fingerprint density at radius 1 is 1.00 bits per heavy atom. The van der Waals surface area contributed by atoms with Crippen LogP contribution in [0.25, 0.3) is 0 Å². The van der Waals surface area contributed by atoms with Gasteiger partial charge in [-0.1, -0.05) is 43.0 Å². The van der Waals surface area contributed by atoms with Gasteiger partial charge in [-0.3, -0.25) is 4.99 Å². The van der Waals surface area contributed by atoms with E-state index in [2.05, 4.69) is 11.6 Å². The van der Waals surface area contributed by atoms with Crippen molar-refractivity contribution in [3.63, 3.8) is 0 Å². The lowest BCUT2D eigenvalue weighted by atomic mass is 10.2. The molecule has 0 atom stereocenters. The largest absolute Gasteiger partial charge is 0.269 e. The van der Waals surface area contributed by atoms with E-state index in [1.165, 1.54) is 0 Å². The van der Waals surface area contributed by atoms with Gasteiger partial charge in [0.05, 0.1) is 0 Å². The van der Waals surface area contributed by atoms with E-state index in [1.54, 1.807) is 6.20 Å². The fourth-order valence-electron chi connectivity index (χ4n) is 0.832. The summed E-state index contributed by atoms with van der Waals surface area (Å²) in [4.78, 5) is 3.86. The van der Waals surface area contributed by atoms with Crippen LogP contribution in [-0.2, 0) is 0 Å². The van der Waals surface area contributed by atoms with Gasteiger partial charge in [0.1, 0.15) is 0 Å². The predicted molar refractivity (Wildman–Crippen MR) is 57.8 cm³/mol. The molecule has 1 heterocycles. The first-order chi connectivity index (χ1) is 6.39. The van der Waals surface area contributed by atoms with Gasteiger partial charge in [0, 0.05) is 18.8 Å². The molecule has 0 aromatic heterocycles. The monoisotopic (exact) mass is 171 g/mol. The maximum Gasteiger partial charge on any atom is 0.0266 e. The van der Waals surface area contributed by atoms with Crippen molar-refractivity contribution in [2.45, 2.75) is 6.42 Å². The third-order valence-corrected chi connectivity index (χ3v) is 1.52. The van der Waals surface area contributed by atoms with Gasteiger partial charge in [-0.15, -0.1) is 0 Å². The molecule has 1 nitrogen and oxygen atoms in total. The average Bonchev–Trinajstić information content (AvgIpc) is 2.22. The van der Waals surface area contributed by atoms with Crippen LogP contribution in [0.15, 0.2) is 65.8 Å². The van der Waals surface area contributed by atoms with Crippen molar-refractivity contribution in [3.05, 3.63) is 60.8 Å². The number of hydrogen-bond acceptors (Lipinski definition) is 1. The van der Waals surface area contributed by atoms with Crippen molar-refractivity contribution in [3.8, 4) is 0 Å². The summed E-state index contributed by atoms with van der Waals surface area (Å²) in [7, 11) is 0. The van der Waals surface area contributed by atoms with E-state index in [0.717, 1.165) is 12.0 Å². The molecule has 0 N–H and O–H groups in total. The SMILES string of the molecule is C=C1C=CN=CC1.c1ccccc1. The summed E-state index contributed by atoms with van der Waals surface area (Å²) in [6.07, 6.45) is 6.44. The Kier molecular flexibility index (Phi) is 4.33. The molecular weight excluding hydrogens is 158 g/mol. The molecule has 0 aliphatic carbocycles. The van der Waals surface area contributed by atoms with E-state index < -0.39 is 0 Å². The van der Waals surface area contributed by atoms with Gasteiger partial charge in [-0.2, -0.15) is 0 Å². The second kappa shape index (κ2) is 5.95. The number of rotatable bonds is 0. The van der Waals surface area contributed by atoms with Crippen molar-refractivity contribution in [2.75, 3.05) is 0 Å². The van der Waals surface area contributed by atoms with Gasteiger partial charge in [-0.25, -0.2) is 0 Å². The molecule has 0 unspecified atom stereocenters. The molecule has 0 bridgehead atoms. The smallest absolute Gasteiger partial charge is 0.0266 e. The van der Waals surface area contributed by atoms with Gasteiger partial charge in [0.2, 0.25) is 0 Å². The highest BCUT2D eigenvalue weighted by Crippen LogP contribution is 2.01. The third-order valence-electron chi connectivity index (χ3n) is 1.52. The Morgan fingerprint density at radius 2 is 1.54 bits per heavy atom. The van der Waals surface area contributed by atoms with Crippen LogP contribution < -0.4 is 0 Å². The summed E-state index contributed by atoms with van der Waals surface area (Å²) in [5.41, 5.74) is 1.13. The molecule has 1 aromatic rings. The fourth-order valence-corrected chi connectivity index (χ4v) is 0.832. The van der Waals surface area contributed by atoms with Crippen LogP contribution in [0.4, 0.5) is 0 Å². The van der Waals surface area contributed by atoms with Gasteiger partial charge >= 0.3 is 0 Å². The Hall–Kier alpha value is -1.63. The maximum absolute atomic E-state index is 3.86. The quantitative estimate of drug-likeness (QED) is 0.568. The molecule has 1 heteroatoms. The molecule has 0 saturated carbocycles. The Bertz CT molecular complexity index is 269. The summed E-state index contributed by atoms with van der Waals surface area (Å²) in [5, 5.41) is 0. The van der Waals surface area contributed by atoms with Crippen LogP contribution in [-0.4, -0.2) is 6.21 Å².